The zero-order valence-corrected chi connectivity index (χ0v) is 19.1. The van der Waals surface area contributed by atoms with Crippen LogP contribution in [-0.4, -0.2) is 70.1 Å². The van der Waals surface area contributed by atoms with Gasteiger partial charge in [-0.2, -0.15) is 0 Å². The van der Waals surface area contributed by atoms with E-state index in [-0.39, 0.29) is 25.4 Å². The summed E-state index contributed by atoms with van der Waals surface area (Å²) in [6.07, 6.45) is 5.52. The Morgan fingerprint density at radius 3 is 2.69 bits per heavy atom. The van der Waals surface area contributed by atoms with Gasteiger partial charge in [-0.1, -0.05) is 5.16 Å². The van der Waals surface area contributed by atoms with Crippen molar-refractivity contribution < 1.29 is 17.7 Å². The van der Waals surface area contributed by atoms with E-state index in [9.17, 15) is 13.2 Å². The Hall–Kier alpha value is -2.72. The molecule has 3 aromatic heterocycles. The van der Waals surface area contributed by atoms with Crippen molar-refractivity contribution in [2.24, 2.45) is 0 Å². The van der Waals surface area contributed by atoms with Crippen LogP contribution in [-0.2, 0) is 21.2 Å². The number of amides is 1. The number of hydrogen-bond donors (Lipinski definition) is 1. The van der Waals surface area contributed by atoms with Crippen LogP contribution < -0.4 is 0 Å². The van der Waals surface area contributed by atoms with Crippen molar-refractivity contribution in [1.29, 1.82) is 0 Å². The molecule has 10 heteroatoms. The Labute approximate surface area is 186 Å². The number of piperidine rings is 1. The first-order valence-electron chi connectivity index (χ1n) is 10.9. The van der Waals surface area contributed by atoms with Crippen molar-refractivity contribution in [3.05, 3.63) is 47.1 Å². The van der Waals surface area contributed by atoms with Gasteiger partial charge >= 0.3 is 0 Å². The number of nitrogens with zero attached hydrogens (tertiary/aromatic N) is 4. The predicted molar refractivity (Wildman–Crippen MR) is 119 cm³/mol. The molecule has 0 bridgehead atoms. The summed E-state index contributed by atoms with van der Waals surface area (Å²) in [5.41, 5.74) is 3.57. The van der Waals surface area contributed by atoms with Gasteiger partial charge in [0.1, 0.15) is 16.7 Å². The molecule has 5 rings (SSSR count). The van der Waals surface area contributed by atoms with E-state index in [1.54, 1.807) is 29.2 Å². The summed E-state index contributed by atoms with van der Waals surface area (Å²) in [7, 11) is -3.42. The minimum Gasteiger partial charge on any atom is -0.361 e. The highest BCUT2D eigenvalue weighted by Gasteiger charge is 2.43. The van der Waals surface area contributed by atoms with E-state index < -0.39 is 15.3 Å². The van der Waals surface area contributed by atoms with E-state index in [1.807, 2.05) is 12.3 Å². The number of hydrogen-bond acceptors (Lipinski definition) is 6. The molecule has 0 aliphatic carbocycles. The number of aromatic nitrogens is 3. The summed E-state index contributed by atoms with van der Waals surface area (Å²) in [5.74, 6) is 0.862. The maximum Gasteiger partial charge on any atom is 0.227 e. The van der Waals surface area contributed by atoms with Crippen molar-refractivity contribution in [3.63, 3.8) is 0 Å². The summed E-state index contributed by atoms with van der Waals surface area (Å²) in [6.45, 7) is 5.09. The molecule has 2 saturated heterocycles. The molecule has 0 aromatic carbocycles. The van der Waals surface area contributed by atoms with Gasteiger partial charge < -0.3 is 14.4 Å². The van der Waals surface area contributed by atoms with E-state index in [2.05, 4.69) is 21.2 Å². The SMILES string of the molecule is Cc1noc(C)c1CC(=O)N1CC(S(=O)(=O)N2CCC(c3c[nH]c4ncccc34)CC2)C1. The zero-order valence-electron chi connectivity index (χ0n) is 18.2. The predicted octanol–water partition coefficient (Wildman–Crippen LogP) is 2.13. The van der Waals surface area contributed by atoms with Crippen molar-refractivity contribution in [1.82, 2.24) is 24.3 Å². The number of H-pyrrole nitrogens is 1. The average molecular weight is 458 g/mol. The lowest BCUT2D eigenvalue weighted by molar-refractivity contribution is -0.133. The molecule has 9 nitrogen and oxygen atoms in total. The fourth-order valence-electron chi connectivity index (χ4n) is 4.79. The molecule has 0 unspecified atom stereocenters. The fraction of sp³-hybridized carbons (Fsp3) is 0.500. The Balaban J connectivity index is 1.17. The summed E-state index contributed by atoms with van der Waals surface area (Å²) < 4.78 is 32.9. The minimum atomic E-state index is -3.42. The van der Waals surface area contributed by atoms with Crippen LogP contribution in [0.15, 0.2) is 29.0 Å². The number of likely N-dealkylation sites (tertiary alicyclic amines) is 1. The van der Waals surface area contributed by atoms with Crippen LogP contribution in [0.25, 0.3) is 11.0 Å². The third-order valence-corrected chi connectivity index (χ3v) is 9.09. The number of pyridine rings is 1. The number of carbonyl (C=O) groups is 1. The van der Waals surface area contributed by atoms with Crippen LogP contribution in [0.2, 0.25) is 0 Å². The molecule has 32 heavy (non-hydrogen) atoms. The molecule has 5 heterocycles. The van der Waals surface area contributed by atoms with Crippen LogP contribution in [0, 0.1) is 13.8 Å². The molecule has 0 atom stereocenters. The normalized spacial score (nSPS) is 18.9. The molecular formula is C22H27N5O4S. The number of rotatable bonds is 5. The highest BCUT2D eigenvalue weighted by atomic mass is 32.2. The number of aromatic amines is 1. The summed E-state index contributed by atoms with van der Waals surface area (Å²) in [6, 6.07) is 3.98. The van der Waals surface area contributed by atoms with Gasteiger partial charge in [-0.3, -0.25) is 4.79 Å². The highest BCUT2D eigenvalue weighted by molar-refractivity contribution is 7.89. The van der Waals surface area contributed by atoms with Crippen LogP contribution >= 0.6 is 0 Å². The van der Waals surface area contributed by atoms with Crippen LogP contribution in [0.5, 0.6) is 0 Å². The quantitative estimate of drug-likeness (QED) is 0.628. The molecule has 2 aliphatic rings. The van der Waals surface area contributed by atoms with Gasteiger partial charge in [0.2, 0.25) is 15.9 Å². The van der Waals surface area contributed by atoms with Gasteiger partial charge in [0, 0.05) is 49.5 Å². The average Bonchev–Trinajstić information content (AvgIpc) is 3.31. The third kappa shape index (κ3) is 3.61. The Morgan fingerprint density at radius 2 is 2.00 bits per heavy atom. The van der Waals surface area contributed by atoms with Gasteiger partial charge in [0.05, 0.1) is 12.1 Å². The topological polar surface area (TPSA) is 112 Å². The summed E-state index contributed by atoms with van der Waals surface area (Å²) >= 11 is 0. The standard InChI is InChI=1S/C22H27N5O4S/c1-14-19(15(2)31-25-14)10-21(28)26-12-17(13-26)32(29,30)27-8-5-16(6-9-27)20-11-24-22-18(20)4-3-7-23-22/h3-4,7,11,16-17H,5-6,8-10,12-13H2,1-2H3,(H,23,24). The number of sulfonamides is 1. The highest BCUT2D eigenvalue weighted by Crippen LogP contribution is 2.34. The van der Waals surface area contributed by atoms with Crippen molar-refractivity contribution in [2.75, 3.05) is 26.2 Å². The lowest BCUT2D eigenvalue weighted by Crippen LogP contribution is -2.60. The Kier molecular flexibility index (Phi) is 5.29. The monoisotopic (exact) mass is 457 g/mol. The molecule has 0 radical (unpaired) electrons. The number of fused-ring (bicyclic) bond motifs is 1. The maximum absolute atomic E-state index is 13.1. The molecule has 2 fully saturated rings. The molecule has 170 valence electrons. The summed E-state index contributed by atoms with van der Waals surface area (Å²) in [4.78, 5) is 21.7. The maximum atomic E-state index is 13.1. The summed E-state index contributed by atoms with van der Waals surface area (Å²) in [5, 5.41) is 4.46. The largest absolute Gasteiger partial charge is 0.361 e. The van der Waals surface area contributed by atoms with E-state index in [4.69, 9.17) is 4.52 Å². The van der Waals surface area contributed by atoms with E-state index in [0.29, 0.717) is 30.5 Å². The van der Waals surface area contributed by atoms with Crippen molar-refractivity contribution in [3.8, 4) is 0 Å². The van der Waals surface area contributed by atoms with Crippen LogP contribution in [0.3, 0.4) is 0 Å². The van der Waals surface area contributed by atoms with Gasteiger partial charge in [0.15, 0.2) is 0 Å². The third-order valence-electron chi connectivity index (χ3n) is 6.87. The molecule has 1 N–H and O–H groups in total. The van der Waals surface area contributed by atoms with Crippen molar-refractivity contribution in [2.45, 2.75) is 44.3 Å². The molecule has 2 aliphatic heterocycles. The number of carbonyl (C=O) groups excluding carboxylic acids is 1. The fourth-order valence-corrected chi connectivity index (χ4v) is 6.67. The first-order chi connectivity index (χ1) is 15.3. The second-order valence-electron chi connectivity index (χ2n) is 8.76. The second-order valence-corrected chi connectivity index (χ2v) is 11.0. The number of nitrogens with one attached hydrogen (secondary N) is 1. The molecular weight excluding hydrogens is 430 g/mol. The Bertz CT molecular complexity index is 1230. The Morgan fingerprint density at radius 1 is 1.25 bits per heavy atom. The molecule has 1 amide bonds. The minimum absolute atomic E-state index is 0.0856. The lowest BCUT2D eigenvalue weighted by Gasteiger charge is -2.42. The van der Waals surface area contributed by atoms with Gasteiger partial charge in [-0.05, 0) is 50.3 Å². The van der Waals surface area contributed by atoms with Crippen molar-refractivity contribution >= 4 is 27.0 Å². The molecule has 0 spiro atoms. The first kappa shape index (κ1) is 21.1. The van der Waals surface area contributed by atoms with Gasteiger partial charge in [-0.15, -0.1) is 0 Å². The van der Waals surface area contributed by atoms with Gasteiger partial charge in [0.25, 0.3) is 0 Å². The second kappa shape index (κ2) is 8.00. The van der Waals surface area contributed by atoms with Crippen LogP contribution in [0.1, 0.15) is 41.3 Å². The first-order valence-corrected chi connectivity index (χ1v) is 12.5. The smallest absolute Gasteiger partial charge is 0.227 e. The van der Waals surface area contributed by atoms with E-state index >= 15 is 0 Å². The van der Waals surface area contributed by atoms with Gasteiger partial charge in [-0.25, -0.2) is 17.7 Å². The molecule has 0 saturated carbocycles. The zero-order chi connectivity index (χ0) is 22.5. The van der Waals surface area contributed by atoms with E-state index in [0.717, 1.165) is 29.4 Å². The lowest BCUT2D eigenvalue weighted by atomic mass is 9.90. The number of aryl methyl sites for hydroxylation is 2. The van der Waals surface area contributed by atoms with Crippen LogP contribution in [0.4, 0.5) is 0 Å². The molecule has 3 aromatic rings. The van der Waals surface area contributed by atoms with E-state index in [1.165, 1.54) is 5.56 Å².